The van der Waals surface area contributed by atoms with Gasteiger partial charge in [-0.05, 0) is 125 Å². The van der Waals surface area contributed by atoms with Gasteiger partial charge in [-0.2, -0.15) is 13.2 Å². The van der Waals surface area contributed by atoms with Gasteiger partial charge in [0.2, 0.25) is 70.9 Å². The van der Waals surface area contributed by atoms with Crippen LogP contribution in [-0.4, -0.2) is 264 Å². The first-order chi connectivity index (χ1) is 46.7. The monoisotopic (exact) mass is 1410 g/mol. The molecule has 12 amide bonds. The van der Waals surface area contributed by atoms with E-state index in [-0.39, 0.29) is 69.3 Å². The number of halogens is 4. The third-order valence-electron chi connectivity index (χ3n) is 21.1. The number of ether oxygens (including phenoxy) is 1. The minimum atomic E-state index is -4.76. The van der Waals surface area contributed by atoms with Gasteiger partial charge in [0.05, 0.1) is 49.4 Å². The van der Waals surface area contributed by atoms with Crippen LogP contribution in [0, 0.1) is 17.8 Å². The summed E-state index contributed by atoms with van der Waals surface area (Å²) in [6, 6.07) is -5.84. The van der Waals surface area contributed by atoms with Crippen molar-refractivity contribution >= 4 is 82.5 Å². The first-order valence-corrected chi connectivity index (χ1v) is 35.8. The molecule has 3 saturated carbocycles. The summed E-state index contributed by atoms with van der Waals surface area (Å²) in [6.07, 6.45) is 3.61. The maximum absolute atomic E-state index is 15.8. The molecule has 0 bridgehead atoms. The zero-order valence-electron chi connectivity index (χ0n) is 59.7. The van der Waals surface area contributed by atoms with Crippen LogP contribution in [0.2, 0.25) is 5.02 Å². The Kier molecular flexibility index (Phi) is 28.0. The third-order valence-corrected chi connectivity index (χ3v) is 21.4. The molecule has 552 valence electrons. The molecule has 3 saturated heterocycles. The number of likely N-dealkylation sites (N-methyl/N-ethyl adjacent to an activating group) is 7. The van der Waals surface area contributed by atoms with Crippen molar-refractivity contribution in [2.45, 2.75) is 223 Å². The van der Waals surface area contributed by atoms with Crippen molar-refractivity contribution in [2.75, 3.05) is 95.2 Å². The van der Waals surface area contributed by atoms with E-state index in [9.17, 15) is 41.9 Å². The van der Waals surface area contributed by atoms with E-state index in [0.29, 0.717) is 77.3 Å². The molecule has 3 aliphatic heterocycles. The highest BCUT2D eigenvalue weighted by molar-refractivity contribution is 6.31. The summed E-state index contributed by atoms with van der Waals surface area (Å²) in [7, 11) is 9.77. The van der Waals surface area contributed by atoms with Crippen molar-refractivity contribution in [3.05, 3.63) is 34.3 Å². The molecule has 8 atom stereocenters. The Hall–Kier alpha value is -7.10. The average molecular weight is 1420 g/mol. The standard InChI is InChI=1S/C70H106ClF3N12O13/c1-12-44(4)59-66(96)80(7)40-57(89)78(5)41-58(90)82(9)54(42-99-47-27-28-47)64(94)79(6)39-55(87)75-50(30-26-45-25-29-48(49(71)37-45)70(72,73)74)63(93)86-35-21-24-51(86)62(92)77-69(31-17-18-32-69)68(98)84(11)60(46-22-15-13-16-23-46)67(97)83(10)53(65(95)85-33-19-14-20-34-85)38-56(88)81(8)52(36-43(2)3)61(91)76-59/h25,29,37,43-44,46-47,50-54,59-60H,12-24,26-28,30-36,38-42H2,1-11H3,(H,75,87)(H,76,91)(H,77,92)/t44-,50-,51?,52-,53-,54-,59-,60-/m0/s1. The topological polar surface area (TPSA) is 279 Å². The normalized spacial score (nSPS) is 26.7. The molecule has 1 aromatic rings. The fourth-order valence-corrected chi connectivity index (χ4v) is 14.8. The minimum Gasteiger partial charge on any atom is -0.376 e. The summed E-state index contributed by atoms with van der Waals surface area (Å²) in [6.45, 7) is 5.97. The van der Waals surface area contributed by atoms with E-state index in [0.717, 1.165) is 57.4 Å². The highest BCUT2D eigenvalue weighted by Gasteiger charge is 2.51. The SMILES string of the molecule is CC[C@H](C)[C@@H]1NC(=O)[C@H](CC(C)C)N(C)C(=O)C[C@@H](C(=O)N2CCCCC2)N(C)C(=O)[C@H](C2CCCCC2)N(C)C(=O)C2(CCCC2)NC(=O)C2CCCN2C(=O)[C@H](CCc2ccc(C(F)(F)F)c(Cl)c2)NC(=O)CN(C)C(=O)[C@H](COC2CC2)N(C)C(=O)CN(C)C(=O)CN(C)C1=O. The molecular weight excluding hydrogens is 1310 g/mol. The Morgan fingerprint density at radius 1 is 0.646 bits per heavy atom. The number of fused-ring (bicyclic) bond motifs is 1. The van der Waals surface area contributed by atoms with Crippen LogP contribution in [-0.2, 0) is 74.9 Å². The van der Waals surface area contributed by atoms with E-state index in [4.69, 9.17) is 16.3 Å². The average Bonchev–Trinajstić information content (AvgIpc) is 1.76. The number of nitrogens with one attached hydrogen (secondary N) is 3. The number of rotatable bonds is 12. The Morgan fingerprint density at radius 2 is 1.26 bits per heavy atom. The third kappa shape index (κ3) is 20.1. The fraction of sp³-hybridized carbons (Fsp3) is 0.743. The first kappa shape index (κ1) is 79.2. The molecule has 3 aliphatic carbocycles. The van der Waals surface area contributed by atoms with Gasteiger partial charge in [0.15, 0.2) is 0 Å². The van der Waals surface area contributed by atoms with Crippen LogP contribution in [0.4, 0.5) is 13.2 Å². The van der Waals surface area contributed by atoms with Crippen LogP contribution in [0.5, 0.6) is 0 Å². The van der Waals surface area contributed by atoms with Crippen LogP contribution in [0.1, 0.15) is 167 Å². The molecule has 3 N–H and O–H groups in total. The zero-order chi connectivity index (χ0) is 73.0. The summed E-state index contributed by atoms with van der Waals surface area (Å²) in [5, 5.41) is 8.10. The smallest absolute Gasteiger partial charge is 0.376 e. The molecule has 6 aliphatic rings. The molecule has 6 fully saturated rings. The first-order valence-electron chi connectivity index (χ1n) is 35.5. The van der Waals surface area contributed by atoms with Crippen molar-refractivity contribution < 1.29 is 75.4 Å². The molecule has 1 aromatic carbocycles. The molecule has 3 heterocycles. The van der Waals surface area contributed by atoms with E-state index in [2.05, 4.69) is 16.0 Å². The predicted octanol–water partition coefficient (Wildman–Crippen LogP) is 4.63. The van der Waals surface area contributed by atoms with E-state index in [1.165, 1.54) is 75.0 Å². The molecule has 0 radical (unpaired) electrons. The van der Waals surface area contributed by atoms with Gasteiger partial charge in [0, 0.05) is 69.0 Å². The van der Waals surface area contributed by atoms with Crippen LogP contribution in [0.25, 0.3) is 0 Å². The summed E-state index contributed by atoms with van der Waals surface area (Å²) < 4.78 is 47.5. The Bertz CT molecular complexity index is 3100. The Balaban J connectivity index is 1.28. The number of alkyl halides is 3. The molecule has 7 rings (SSSR count). The number of likely N-dealkylation sites (tertiary alicyclic amines) is 1. The van der Waals surface area contributed by atoms with Gasteiger partial charge in [-0.1, -0.05) is 83.9 Å². The number of aryl methyl sites for hydroxylation is 1. The summed E-state index contributed by atoms with van der Waals surface area (Å²) in [5.74, 6) is -9.12. The van der Waals surface area contributed by atoms with Crippen LogP contribution < -0.4 is 16.0 Å². The lowest BCUT2D eigenvalue weighted by atomic mass is 9.81. The van der Waals surface area contributed by atoms with Crippen molar-refractivity contribution in [3.8, 4) is 0 Å². The highest BCUT2D eigenvalue weighted by Crippen LogP contribution is 2.38. The lowest BCUT2D eigenvalue weighted by Gasteiger charge is -2.43. The summed E-state index contributed by atoms with van der Waals surface area (Å²) in [5.41, 5.74) is -2.37. The number of benzene rings is 1. The number of hydrogen-bond acceptors (Lipinski definition) is 13. The van der Waals surface area contributed by atoms with Gasteiger partial charge in [0.1, 0.15) is 47.8 Å². The zero-order valence-corrected chi connectivity index (χ0v) is 60.5. The van der Waals surface area contributed by atoms with Crippen LogP contribution in [0.3, 0.4) is 0 Å². The van der Waals surface area contributed by atoms with E-state index in [1.807, 2.05) is 20.8 Å². The fourth-order valence-electron chi connectivity index (χ4n) is 14.5. The predicted molar refractivity (Wildman–Crippen MR) is 361 cm³/mol. The van der Waals surface area contributed by atoms with Crippen LogP contribution >= 0.6 is 11.6 Å². The second-order valence-corrected chi connectivity index (χ2v) is 29.4. The summed E-state index contributed by atoms with van der Waals surface area (Å²) in [4.78, 5) is 190. The lowest BCUT2D eigenvalue weighted by Crippen LogP contribution is -2.65. The molecule has 29 heteroatoms. The van der Waals surface area contributed by atoms with Gasteiger partial charge in [-0.25, -0.2) is 0 Å². The van der Waals surface area contributed by atoms with Crippen molar-refractivity contribution in [3.63, 3.8) is 0 Å². The van der Waals surface area contributed by atoms with E-state index in [1.54, 1.807) is 11.8 Å². The number of hydrogen-bond donors (Lipinski definition) is 3. The van der Waals surface area contributed by atoms with Gasteiger partial charge >= 0.3 is 6.18 Å². The molecule has 25 nitrogen and oxygen atoms in total. The molecule has 1 spiro atoms. The van der Waals surface area contributed by atoms with E-state index < -0.39 is 173 Å². The maximum Gasteiger partial charge on any atom is 0.417 e. The Labute approximate surface area is 585 Å². The maximum atomic E-state index is 15.8. The van der Waals surface area contributed by atoms with Gasteiger partial charge in [-0.15, -0.1) is 0 Å². The van der Waals surface area contributed by atoms with Crippen molar-refractivity contribution in [1.29, 1.82) is 0 Å². The largest absolute Gasteiger partial charge is 0.417 e. The number of nitrogens with zero attached hydrogens (tertiary/aromatic N) is 9. The molecular formula is C70H106ClF3N12O13. The molecule has 0 aromatic heterocycles. The number of amides is 12. The molecule has 99 heavy (non-hydrogen) atoms. The summed E-state index contributed by atoms with van der Waals surface area (Å²) >= 11 is 6.14. The quantitative estimate of drug-likeness (QED) is 0.258. The van der Waals surface area contributed by atoms with Crippen molar-refractivity contribution in [2.24, 2.45) is 17.8 Å². The second-order valence-electron chi connectivity index (χ2n) is 29.0. The Morgan fingerprint density at radius 3 is 1.87 bits per heavy atom. The number of carbonyl (C=O) groups excluding carboxylic acids is 12. The molecule has 1 unspecified atom stereocenters. The second kappa shape index (κ2) is 35.0. The lowest BCUT2D eigenvalue weighted by molar-refractivity contribution is -0.157. The van der Waals surface area contributed by atoms with Crippen LogP contribution in [0.15, 0.2) is 18.2 Å². The highest BCUT2D eigenvalue weighted by atomic mass is 35.5. The van der Waals surface area contributed by atoms with Gasteiger partial charge in [-0.3, -0.25) is 57.5 Å². The minimum absolute atomic E-state index is 0.0256. The van der Waals surface area contributed by atoms with Gasteiger partial charge < -0.3 is 64.8 Å². The van der Waals surface area contributed by atoms with Gasteiger partial charge in [0.25, 0.3) is 0 Å². The number of piperidine rings is 1. The number of carbonyl (C=O) groups is 12. The van der Waals surface area contributed by atoms with Crippen molar-refractivity contribution in [1.82, 2.24) is 60.0 Å². The van der Waals surface area contributed by atoms with E-state index >= 15 is 28.8 Å².